The molecule has 10 heavy (non-hydrogen) atoms. The van der Waals surface area contributed by atoms with Gasteiger partial charge in [-0.1, -0.05) is 0 Å². The number of pyridine rings is 1. The van der Waals surface area contributed by atoms with E-state index in [2.05, 4.69) is 4.98 Å². The fraction of sp³-hybridized carbons (Fsp3) is 0.167. The number of halogens is 1. The molecule has 3 nitrogen and oxygen atoms in total. The van der Waals surface area contributed by atoms with E-state index in [-0.39, 0.29) is 17.9 Å². The van der Waals surface area contributed by atoms with E-state index in [1.807, 2.05) is 0 Å². The Bertz CT molecular complexity index is 219. The van der Waals surface area contributed by atoms with E-state index in [0.717, 1.165) is 12.4 Å². The van der Waals surface area contributed by atoms with Gasteiger partial charge in [0.1, 0.15) is 11.6 Å². The highest BCUT2D eigenvalue weighted by Gasteiger charge is 2.04. The molecule has 54 valence electrons. The SMILES string of the molecule is NCc1c(O)cncc1F. The largest absolute Gasteiger partial charge is 0.506 e. The monoisotopic (exact) mass is 142 g/mol. The van der Waals surface area contributed by atoms with Gasteiger partial charge < -0.3 is 10.8 Å². The maximum absolute atomic E-state index is 12.5. The lowest BCUT2D eigenvalue weighted by molar-refractivity contribution is 0.455. The lowest BCUT2D eigenvalue weighted by Gasteiger charge is -1.99. The lowest BCUT2D eigenvalue weighted by atomic mass is 10.2. The van der Waals surface area contributed by atoms with Crippen molar-refractivity contribution < 1.29 is 9.50 Å². The smallest absolute Gasteiger partial charge is 0.149 e. The van der Waals surface area contributed by atoms with Gasteiger partial charge in [-0.3, -0.25) is 4.98 Å². The third-order valence-electron chi connectivity index (χ3n) is 1.19. The molecule has 0 saturated carbocycles. The number of aromatic nitrogens is 1. The molecule has 1 aromatic rings. The molecule has 1 heterocycles. The molecule has 0 amide bonds. The van der Waals surface area contributed by atoms with Crippen molar-refractivity contribution >= 4 is 0 Å². The van der Waals surface area contributed by atoms with Gasteiger partial charge >= 0.3 is 0 Å². The van der Waals surface area contributed by atoms with E-state index < -0.39 is 5.82 Å². The Labute approximate surface area is 57.3 Å². The highest BCUT2D eigenvalue weighted by molar-refractivity contribution is 5.29. The van der Waals surface area contributed by atoms with Gasteiger partial charge in [0.15, 0.2) is 0 Å². The van der Waals surface area contributed by atoms with Gasteiger partial charge in [-0.25, -0.2) is 4.39 Å². The van der Waals surface area contributed by atoms with Gasteiger partial charge in [-0.15, -0.1) is 0 Å². The van der Waals surface area contributed by atoms with Crippen molar-refractivity contribution in [3.8, 4) is 5.75 Å². The summed E-state index contributed by atoms with van der Waals surface area (Å²) < 4.78 is 12.5. The van der Waals surface area contributed by atoms with Gasteiger partial charge in [0.05, 0.1) is 12.4 Å². The minimum atomic E-state index is -0.567. The number of nitrogens with zero attached hydrogens (tertiary/aromatic N) is 1. The van der Waals surface area contributed by atoms with Crippen LogP contribution in [0.4, 0.5) is 4.39 Å². The van der Waals surface area contributed by atoms with Crippen molar-refractivity contribution in [1.82, 2.24) is 4.98 Å². The number of rotatable bonds is 1. The molecule has 4 heteroatoms. The molecule has 0 fully saturated rings. The molecular weight excluding hydrogens is 135 g/mol. The van der Waals surface area contributed by atoms with Crippen LogP contribution in [0.25, 0.3) is 0 Å². The number of hydrogen-bond acceptors (Lipinski definition) is 3. The molecular formula is C6H7FN2O. The van der Waals surface area contributed by atoms with Crippen LogP contribution in [0.2, 0.25) is 0 Å². The molecule has 1 rings (SSSR count). The lowest BCUT2D eigenvalue weighted by Crippen LogP contribution is -2.00. The van der Waals surface area contributed by atoms with Crippen LogP contribution in [0.5, 0.6) is 5.75 Å². The van der Waals surface area contributed by atoms with Gasteiger partial charge in [-0.05, 0) is 0 Å². The number of nitrogens with two attached hydrogens (primary N) is 1. The highest BCUT2D eigenvalue weighted by Crippen LogP contribution is 2.16. The minimum Gasteiger partial charge on any atom is -0.506 e. The second-order valence-corrected chi connectivity index (χ2v) is 1.82. The van der Waals surface area contributed by atoms with Crippen LogP contribution >= 0.6 is 0 Å². The normalized spacial score (nSPS) is 9.80. The summed E-state index contributed by atoms with van der Waals surface area (Å²) in [6, 6.07) is 0. The second kappa shape index (κ2) is 2.62. The van der Waals surface area contributed by atoms with Crippen molar-refractivity contribution in [2.45, 2.75) is 6.54 Å². The predicted octanol–water partition coefficient (Wildman–Crippen LogP) is 0.385. The first-order chi connectivity index (χ1) is 4.75. The fourth-order valence-electron chi connectivity index (χ4n) is 0.654. The molecule has 3 N–H and O–H groups in total. The number of aromatic hydroxyl groups is 1. The Hall–Kier alpha value is -1.16. The minimum absolute atomic E-state index is 0.0137. The second-order valence-electron chi connectivity index (χ2n) is 1.82. The summed E-state index contributed by atoms with van der Waals surface area (Å²) in [5, 5.41) is 8.91. The Morgan fingerprint density at radius 3 is 2.70 bits per heavy atom. The van der Waals surface area contributed by atoms with Crippen molar-refractivity contribution in [3.63, 3.8) is 0 Å². The molecule has 0 spiro atoms. The van der Waals surface area contributed by atoms with Crippen molar-refractivity contribution in [2.75, 3.05) is 0 Å². The third kappa shape index (κ3) is 1.06. The van der Waals surface area contributed by atoms with E-state index in [4.69, 9.17) is 10.8 Å². The highest BCUT2D eigenvalue weighted by atomic mass is 19.1. The molecule has 0 bridgehead atoms. The Kier molecular flexibility index (Phi) is 1.82. The average molecular weight is 142 g/mol. The summed E-state index contributed by atoms with van der Waals surface area (Å²) in [6.45, 7) is -0.0137. The van der Waals surface area contributed by atoms with Crippen molar-refractivity contribution in [3.05, 3.63) is 23.8 Å². The van der Waals surface area contributed by atoms with E-state index in [1.54, 1.807) is 0 Å². The summed E-state index contributed by atoms with van der Waals surface area (Å²) in [5.74, 6) is -0.759. The molecule has 0 atom stereocenters. The van der Waals surface area contributed by atoms with Gasteiger partial charge in [0, 0.05) is 12.1 Å². The topological polar surface area (TPSA) is 59.1 Å². The maximum Gasteiger partial charge on any atom is 0.149 e. The molecule has 1 aromatic heterocycles. The van der Waals surface area contributed by atoms with E-state index in [0.29, 0.717) is 0 Å². The molecule has 0 aliphatic rings. The Morgan fingerprint density at radius 1 is 1.60 bits per heavy atom. The quantitative estimate of drug-likeness (QED) is 0.596. The maximum atomic E-state index is 12.5. The average Bonchev–Trinajstić information content (AvgIpc) is 1.88. The Balaban J connectivity index is 3.17. The van der Waals surface area contributed by atoms with E-state index in [1.165, 1.54) is 0 Å². The molecule has 0 aliphatic heterocycles. The molecule has 0 aliphatic carbocycles. The first-order valence-electron chi connectivity index (χ1n) is 2.77. The van der Waals surface area contributed by atoms with Crippen molar-refractivity contribution in [1.29, 1.82) is 0 Å². The summed E-state index contributed by atoms with van der Waals surface area (Å²) >= 11 is 0. The predicted molar refractivity (Wildman–Crippen MR) is 33.8 cm³/mol. The van der Waals surface area contributed by atoms with Crippen LogP contribution < -0.4 is 5.73 Å². The van der Waals surface area contributed by atoms with Gasteiger partial charge in [-0.2, -0.15) is 0 Å². The van der Waals surface area contributed by atoms with Crippen molar-refractivity contribution in [2.24, 2.45) is 5.73 Å². The van der Waals surface area contributed by atoms with E-state index >= 15 is 0 Å². The summed E-state index contributed by atoms with van der Waals surface area (Å²) in [6.07, 6.45) is 2.17. The molecule has 0 aromatic carbocycles. The number of hydrogen-bond donors (Lipinski definition) is 2. The van der Waals surface area contributed by atoms with Crippen LogP contribution in [0.15, 0.2) is 12.4 Å². The zero-order chi connectivity index (χ0) is 7.56. The third-order valence-corrected chi connectivity index (χ3v) is 1.19. The zero-order valence-corrected chi connectivity index (χ0v) is 5.21. The zero-order valence-electron chi connectivity index (χ0n) is 5.21. The standard InChI is InChI=1S/C6H7FN2O/c7-5-2-9-3-6(10)4(5)1-8/h2-3,10H,1,8H2. The van der Waals surface area contributed by atoms with E-state index in [9.17, 15) is 4.39 Å². The fourth-order valence-corrected chi connectivity index (χ4v) is 0.654. The molecule has 0 saturated heterocycles. The van der Waals surface area contributed by atoms with Crippen LogP contribution in [0.3, 0.4) is 0 Å². The summed E-state index contributed by atoms with van der Waals surface area (Å²) in [7, 11) is 0. The first-order valence-corrected chi connectivity index (χ1v) is 2.77. The van der Waals surface area contributed by atoms with Crippen LogP contribution in [-0.2, 0) is 6.54 Å². The summed E-state index contributed by atoms with van der Waals surface area (Å²) in [4.78, 5) is 3.41. The molecule has 0 unspecified atom stereocenters. The Morgan fingerprint density at radius 2 is 2.30 bits per heavy atom. The molecule has 0 radical (unpaired) electrons. The van der Waals surface area contributed by atoms with Crippen LogP contribution in [0.1, 0.15) is 5.56 Å². The van der Waals surface area contributed by atoms with Crippen LogP contribution in [-0.4, -0.2) is 10.1 Å². The summed E-state index contributed by atoms with van der Waals surface area (Å²) in [5.41, 5.74) is 5.23. The van der Waals surface area contributed by atoms with Gasteiger partial charge in [0.2, 0.25) is 0 Å². The van der Waals surface area contributed by atoms with Gasteiger partial charge in [0.25, 0.3) is 0 Å². The van der Waals surface area contributed by atoms with Crippen LogP contribution in [0, 0.1) is 5.82 Å². The first kappa shape index (κ1) is 6.95.